The van der Waals surface area contributed by atoms with Gasteiger partial charge < -0.3 is 4.74 Å². The minimum absolute atomic E-state index is 0.107. The Morgan fingerprint density at radius 2 is 2.29 bits per heavy atom. The number of sulfonamides is 1. The zero-order valence-corrected chi connectivity index (χ0v) is 12.2. The quantitative estimate of drug-likeness (QED) is 0.667. The van der Waals surface area contributed by atoms with Crippen LogP contribution in [0.15, 0.2) is 17.6 Å². The van der Waals surface area contributed by atoms with Crippen molar-refractivity contribution < 1.29 is 17.9 Å². The molecule has 21 heavy (non-hydrogen) atoms. The van der Waals surface area contributed by atoms with Crippen molar-refractivity contribution in [2.24, 2.45) is 7.05 Å². The predicted octanol–water partition coefficient (Wildman–Crippen LogP) is -0.807. The van der Waals surface area contributed by atoms with Gasteiger partial charge in [0.25, 0.3) is 10.0 Å². The van der Waals surface area contributed by atoms with Gasteiger partial charge in [0.05, 0.1) is 19.3 Å². The van der Waals surface area contributed by atoms with E-state index in [0.29, 0.717) is 5.82 Å². The lowest BCUT2D eigenvalue weighted by atomic mass is 10.4. The summed E-state index contributed by atoms with van der Waals surface area (Å²) in [6, 6.07) is 0. The van der Waals surface area contributed by atoms with Crippen molar-refractivity contribution in [3.63, 3.8) is 0 Å². The summed E-state index contributed by atoms with van der Waals surface area (Å²) in [4.78, 5) is 15.5. The summed E-state index contributed by atoms with van der Waals surface area (Å²) in [6.07, 6.45) is 2.55. The van der Waals surface area contributed by atoms with Crippen LogP contribution >= 0.6 is 0 Å². The van der Waals surface area contributed by atoms with E-state index in [9.17, 15) is 13.2 Å². The molecule has 114 valence electrons. The Kier molecular flexibility index (Phi) is 4.33. The zero-order valence-electron chi connectivity index (χ0n) is 11.4. The maximum atomic E-state index is 12.2. The average molecular weight is 314 g/mol. The molecule has 0 radical (unpaired) electrons. The van der Waals surface area contributed by atoms with Gasteiger partial charge in [0.2, 0.25) is 0 Å². The van der Waals surface area contributed by atoms with Crippen molar-refractivity contribution in [3.05, 3.63) is 23.9 Å². The fraction of sp³-hybridized carbons (Fsp3) is 0.400. The molecule has 0 saturated heterocycles. The number of carbonyl (C=O) groups excluding carboxylic acids is 1. The lowest BCUT2D eigenvalue weighted by molar-refractivity contribution is 0.0522. The Labute approximate surface area is 120 Å². The van der Waals surface area contributed by atoms with E-state index >= 15 is 0 Å². The number of ether oxygens (including phenoxy) is 1. The Morgan fingerprint density at radius 3 is 2.90 bits per heavy atom. The molecule has 0 unspecified atom stereocenters. The molecule has 2 aromatic rings. The lowest BCUT2D eigenvalue weighted by Crippen LogP contribution is -2.26. The molecule has 2 rings (SSSR count). The number of rotatable bonds is 6. The molecule has 0 aliphatic carbocycles. The number of nitrogens with one attached hydrogen (secondary N) is 2. The minimum Gasteiger partial charge on any atom is -0.462 e. The summed E-state index contributed by atoms with van der Waals surface area (Å²) in [5.41, 5.74) is -0.154. The molecule has 2 heterocycles. The molecule has 0 aliphatic rings. The van der Waals surface area contributed by atoms with Crippen molar-refractivity contribution in [2.75, 3.05) is 6.61 Å². The van der Waals surface area contributed by atoms with Crippen molar-refractivity contribution in [2.45, 2.75) is 18.5 Å². The molecule has 0 atom stereocenters. The molecule has 0 spiro atoms. The zero-order chi connectivity index (χ0) is 15.5. The van der Waals surface area contributed by atoms with Crippen LogP contribution in [0.25, 0.3) is 0 Å². The third kappa shape index (κ3) is 3.44. The molecular weight excluding hydrogens is 300 g/mol. The average Bonchev–Trinajstić information content (AvgIpc) is 3.05. The number of aromatic amines is 1. The van der Waals surface area contributed by atoms with Gasteiger partial charge in [-0.25, -0.2) is 22.9 Å². The maximum Gasteiger partial charge on any atom is 0.342 e. The SMILES string of the molecule is CCOC(=O)c1cn[nH]c1S(=O)(=O)NCc1ncn(C)n1. The Balaban J connectivity index is 2.16. The van der Waals surface area contributed by atoms with Crippen LogP contribution in [-0.2, 0) is 28.4 Å². The van der Waals surface area contributed by atoms with E-state index < -0.39 is 16.0 Å². The smallest absolute Gasteiger partial charge is 0.342 e. The largest absolute Gasteiger partial charge is 0.462 e. The predicted molar refractivity (Wildman–Crippen MR) is 69.6 cm³/mol. The molecule has 2 aromatic heterocycles. The fourth-order valence-electron chi connectivity index (χ4n) is 1.53. The Morgan fingerprint density at radius 1 is 1.52 bits per heavy atom. The highest BCUT2D eigenvalue weighted by atomic mass is 32.2. The Hall–Kier alpha value is -2.27. The van der Waals surface area contributed by atoms with Crippen LogP contribution in [0.1, 0.15) is 23.1 Å². The van der Waals surface area contributed by atoms with Gasteiger partial charge in [-0.15, -0.1) is 0 Å². The van der Waals surface area contributed by atoms with Crippen LogP contribution in [-0.4, -0.2) is 46.0 Å². The van der Waals surface area contributed by atoms with Gasteiger partial charge in [0.15, 0.2) is 10.9 Å². The van der Waals surface area contributed by atoms with Crippen molar-refractivity contribution >= 4 is 16.0 Å². The third-order valence-corrected chi connectivity index (χ3v) is 3.81. The monoisotopic (exact) mass is 314 g/mol. The highest BCUT2D eigenvalue weighted by Crippen LogP contribution is 2.13. The number of aryl methyl sites for hydroxylation is 1. The van der Waals surface area contributed by atoms with Gasteiger partial charge >= 0.3 is 5.97 Å². The topological polar surface area (TPSA) is 132 Å². The van der Waals surface area contributed by atoms with Crippen molar-refractivity contribution in [1.29, 1.82) is 0 Å². The summed E-state index contributed by atoms with van der Waals surface area (Å²) in [6.45, 7) is 1.65. The highest BCUT2D eigenvalue weighted by molar-refractivity contribution is 7.89. The van der Waals surface area contributed by atoms with Crippen molar-refractivity contribution in [1.82, 2.24) is 29.7 Å². The fourth-order valence-corrected chi connectivity index (χ4v) is 2.59. The van der Waals surface area contributed by atoms with Gasteiger partial charge in [-0.2, -0.15) is 10.2 Å². The van der Waals surface area contributed by atoms with E-state index in [4.69, 9.17) is 4.74 Å². The summed E-state index contributed by atoms with van der Waals surface area (Å²) < 4.78 is 32.8. The van der Waals surface area contributed by atoms with Gasteiger partial charge in [-0.1, -0.05) is 0 Å². The highest BCUT2D eigenvalue weighted by Gasteiger charge is 2.25. The third-order valence-electron chi connectivity index (χ3n) is 2.44. The first-order valence-corrected chi connectivity index (χ1v) is 7.47. The van der Waals surface area contributed by atoms with Gasteiger partial charge in [0.1, 0.15) is 11.9 Å². The second kappa shape index (κ2) is 6.01. The molecule has 0 aromatic carbocycles. The first kappa shape index (κ1) is 15.1. The van der Waals surface area contributed by atoms with Crippen LogP contribution in [0, 0.1) is 0 Å². The summed E-state index contributed by atoms with van der Waals surface area (Å²) >= 11 is 0. The van der Waals surface area contributed by atoms with Crippen LogP contribution in [0.5, 0.6) is 0 Å². The maximum absolute atomic E-state index is 12.2. The molecule has 0 bridgehead atoms. The molecule has 2 N–H and O–H groups in total. The summed E-state index contributed by atoms with van der Waals surface area (Å²) in [5.74, 6) is -0.458. The second-order valence-corrected chi connectivity index (χ2v) is 5.70. The number of nitrogens with zero attached hydrogens (tertiary/aromatic N) is 4. The van der Waals surface area contributed by atoms with Gasteiger partial charge in [-0.05, 0) is 6.92 Å². The lowest BCUT2D eigenvalue weighted by Gasteiger charge is -2.05. The number of hydrogen-bond acceptors (Lipinski definition) is 7. The minimum atomic E-state index is -3.96. The van der Waals surface area contributed by atoms with E-state index in [1.54, 1.807) is 14.0 Å². The number of esters is 1. The molecule has 0 aliphatic heterocycles. The number of hydrogen-bond donors (Lipinski definition) is 2. The van der Waals surface area contributed by atoms with E-state index in [1.807, 2.05) is 0 Å². The van der Waals surface area contributed by atoms with Crippen LogP contribution in [0.3, 0.4) is 0 Å². The summed E-state index contributed by atoms with van der Waals surface area (Å²) in [5, 5.41) is 9.44. The van der Waals surface area contributed by atoms with Crippen LogP contribution < -0.4 is 4.72 Å². The summed E-state index contributed by atoms with van der Waals surface area (Å²) in [7, 11) is -2.29. The van der Waals surface area contributed by atoms with E-state index in [2.05, 4.69) is 25.0 Å². The molecular formula is C10H14N6O4S. The molecule has 0 saturated carbocycles. The van der Waals surface area contributed by atoms with Gasteiger partial charge in [0, 0.05) is 7.05 Å². The van der Waals surface area contributed by atoms with Gasteiger partial charge in [-0.3, -0.25) is 9.78 Å². The van der Waals surface area contributed by atoms with Crippen LogP contribution in [0.2, 0.25) is 0 Å². The Bertz CT molecular complexity index is 734. The number of carbonyl (C=O) groups is 1. The number of H-pyrrole nitrogens is 1. The molecule has 0 fully saturated rings. The first-order valence-electron chi connectivity index (χ1n) is 5.98. The molecule has 0 amide bonds. The normalized spacial score (nSPS) is 11.5. The second-order valence-electron chi connectivity index (χ2n) is 3.99. The standard InChI is InChI=1S/C10H14N6O4S/c1-3-20-10(17)7-4-12-14-9(7)21(18,19)13-5-8-11-6-16(2)15-8/h4,6,13H,3,5H2,1-2H3,(H,12,14). The van der Waals surface area contributed by atoms with E-state index in [1.165, 1.54) is 11.0 Å². The first-order chi connectivity index (χ1) is 9.94. The molecule has 10 nitrogen and oxygen atoms in total. The number of aromatic nitrogens is 5. The van der Waals surface area contributed by atoms with E-state index in [0.717, 1.165) is 6.20 Å². The van der Waals surface area contributed by atoms with Crippen molar-refractivity contribution in [3.8, 4) is 0 Å². The van der Waals surface area contributed by atoms with E-state index in [-0.39, 0.29) is 23.7 Å². The molecule has 11 heteroatoms. The van der Waals surface area contributed by atoms with Crippen LogP contribution in [0.4, 0.5) is 0 Å².